The molecule has 4 aromatic rings. The first-order valence-electron chi connectivity index (χ1n) is 13.1. The molecule has 2 aliphatic heterocycles. The van der Waals surface area contributed by atoms with Crippen molar-refractivity contribution in [2.75, 3.05) is 56.2 Å². The number of nitrogens with one attached hydrogen (secondary N) is 2. The maximum absolute atomic E-state index is 13.6. The van der Waals surface area contributed by atoms with Crippen LogP contribution in [0.25, 0.3) is 22.0 Å². The van der Waals surface area contributed by atoms with E-state index in [9.17, 15) is 14.4 Å². The molecule has 3 amide bonds. The second kappa shape index (κ2) is 11.8. The van der Waals surface area contributed by atoms with E-state index in [1.54, 1.807) is 23.1 Å². The highest BCUT2D eigenvalue weighted by Crippen LogP contribution is 2.31. The number of carbonyl (C=O) groups is 3. The Kier molecular flexibility index (Phi) is 7.60. The normalized spacial score (nSPS) is 15.4. The predicted molar refractivity (Wildman–Crippen MR) is 153 cm³/mol. The van der Waals surface area contributed by atoms with Gasteiger partial charge in [0.25, 0.3) is 11.8 Å². The smallest absolute Gasteiger partial charge is 0.285 e. The summed E-state index contributed by atoms with van der Waals surface area (Å²) in [6.45, 7) is 3.18. The van der Waals surface area contributed by atoms with Gasteiger partial charge in [-0.2, -0.15) is 0 Å². The summed E-state index contributed by atoms with van der Waals surface area (Å²) in [7, 11) is 0. The highest BCUT2D eigenvalue weighted by Gasteiger charge is 2.25. The highest BCUT2D eigenvalue weighted by atomic mass is 32.1. The van der Waals surface area contributed by atoms with Crippen LogP contribution in [0.1, 0.15) is 20.3 Å². The summed E-state index contributed by atoms with van der Waals surface area (Å²) in [6, 6.07) is 18.1. The first kappa shape index (κ1) is 26.5. The number of para-hydroxylation sites is 1. The van der Waals surface area contributed by atoms with Crippen molar-refractivity contribution in [3.05, 3.63) is 71.4 Å². The Bertz CT molecular complexity index is 1590. The van der Waals surface area contributed by atoms with Crippen molar-refractivity contribution in [3.8, 4) is 22.0 Å². The molecule has 2 aliphatic rings. The summed E-state index contributed by atoms with van der Waals surface area (Å²) in [6.07, 6.45) is 0. The first-order chi connectivity index (χ1) is 20.0. The van der Waals surface area contributed by atoms with Crippen molar-refractivity contribution in [1.82, 2.24) is 30.4 Å². The molecule has 2 aromatic carbocycles. The maximum Gasteiger partial charge on any atom is 0.285 e. The molecule has 2 saturated heterocycles. The largest absolute Gasteiger partial charge is 0.378 e. The molecule has 208 valence electrons. The van der Waals surface area contributed by atoms with E-state index in [4.69, 9.17) is 4.74 Å². The van der Waals surface area contributed by atoms with E-state index in [1.807, 2.05) is 47.4 Å². The van der Waals surface area contributed by atoms with Gasteiger partial charge in [-0.1, -0.05) is 53.8 Å². The lowest BCUT2D eigenvalue weighted by atomic mass is 10.1. The van der Waals surface area contributed by atoms with Crippen molar-refractivity contribution in [1.29, 1.82) is 0 Å². The second-order valence-corrected chi connectivity index (χ2v) is 10.4. The number of carbonyl (C=O) groups excluding carboxylic acids is 3. The minimum absolute atomic E-state index is 0.111. The van der Waals surface area contributed by atoms with Gasteiger partial charge in [-0.15, -0.1) is 10.2 Å². The number of anilines is 2. The van der Waals surface area contributed by atoms with Crippen molar-refractivity contribution in [3.63, 3.8) is 0 Å². The summed E-state index contributed by atoms with van der Waals surface area (Å²) in [4.78, 5) is 51.3. The minimum Gasteiger partial charge on any atom is -0.378 e. The third-order valence-corrected chi connectivity index (χ3v) is 7.60. The number of morpholine rings is 1. The maximum atomic E-state index is 13.6. The standard InChI is InChI=1S/C28H26N8O4S/c37-23-17-36(11-10-29-23)22-16-21(30-24(32-22)18-6-2-1-3-7-18)25(38)31-20-9-5-4-8-19(20)26-33-34-27(41-26)28(39)35-12-14-40-15-13-35/h1-9,16H,10-15,17H2,(H,29,37)(H,31,38). The van der Waals surface area contributed by atoms with Crippen molar-refractivity contribution in [2.24, 2.45) is 0 Å². The SMILES string of the molecule is O=C1CN(c2cc(C(=O)Nc3ccccc3-c3nnc(C(=O)N4CCOCC4)s3)nc(-c3ccccc3)n2)CCN1. The number of aromatic nitrogens is 4. The molecule has 2 N–H and O–H groups in total. The Morgan fingerprint density at radius 1 is 0.951 bits per heavy atom. The van der Waals surface area contributed by atoms with Crippen LogP contribution in [-0.4, -0.2) is 88.7 Å². The summed E-state index contributed by atoms with van der Waals surface area (Å²) >= 11 is 1.17. The number of hydrogen-bond donors (Lipinski definition) is 2. The van der Waals surface area contributed by atoms with Gasteiger partial charge in [-0.25, -0.2) is 9.97 Å². The Labute approximate surface area is 239 Å². The summed E-state index contributed by atoms with van der Waals surface area (Å²) in [5, 5.41) is 14.9. The van der Waals surface area contributed by atoms with E-state index in [1.165, 1.54) is 11.3 Å². The van der Waals surface area contributed by atoms with Gasteiger partial charge in [0.05, 0.1) is 25.4 Å². The van der Waals surface area contributed by atoms with Gasteiger partial charge in [0.1, 0.15) is 16.5 Å². The molecule has 0 bridgehead atoms. The van der Waals surface area contributed by atoms with Gasteiger partial charge in [0.15, 0.2) is 5.82 Å². The predicted octanol–water partition coefficient (Wildman–Crippen LogP) is 2.32. The van der Waals surface area contributed by atoms with Gasteiger partial charge < -0.3 is 25.2 Å². The van der Waals surface area contributed by atoms with E-state index in [-0.39, 0.29) is 29.1 Å². The molecule has 0 atom stereocenters. The summed E-state index contributed by atoms with van der Waals surface area (Å²) in [5.74, 6) is 0.116. The number of piperazine rings is 1. The lowest BCUT2D eigenvalue weighted by molar-refractivity contribution is -0.120. The first-order valence-corrected chi connectivity index (χ1v) is 13.9. The molecule has 0 radical (unpaired) electrons. The van der Waals surface area contributed by atoms with Crippen molar-refractivity contribution in [2.45, 2.75) is 0 Å². The lowest BCUT2D eigenvalue weighted by Gasteiger charge is -2.28. The molecule has 2 aromatic heterocycles. The van der Waals surface area contributed by atoms with Crippen LogP contribution in [0, 0.1) is 0 Å². The van der Waals surface area contributed by atoms with Crippen molar-refractivity contribution >= 4 is 40.6 Å². The number of rotatable bonds is 6. The average molecular weight is 571 g/mol. The Hall–Kier alpha value is -4.75. The number of nitrogens with zero attached hydrogens (tertiary/aromatic N) is 6. The van der Waals surface area contributed by atoms with Crippen LogP contribution in [0.5, 0.6) is 0 Å². The topological polar surface area (TPSA) is 143 Å². The third-order valence-electron chi connectivity index (χ3n) is 6.65. The van der Waals surface area contributed by atoms with Crippen LogP contribution in [0.3, 0.4) is 0 Å². The molecule has 4 heterocycles. The highest BCUT2D eigenvalue weighted by molar-refractivity contribution is 7.16. The fourth-order valence-electron chi connectivity index (χ4n) is 4.55. The summed E-state index contributed by atoms with van der Waals surface area (Å²) < 4.78 is 5.33. The molecule has 12 nitrogen and oxygen atoms in total. The zero-order valence-corrected chi connectivity index (χ0v) is 22.8. The van der Waals surface area contributed by atoms with Gasteiger partial charge in [-0.05, 0) is 12.1 Å². The lowest BCUT2D eigenvalue weighted by Crippen LogP contribution is -2.48. The van der Waals surface area contributed by atoms with Crippen LogP contribution in [-0.2, 0) is 9.53 Å². The van der Waals surface area contributed by atoms with E-state index in [2.05, 4.69) is 30.8 Å². The summed E-state index contributed by atoms with van der Waals surface area (Å²) in [5.41, 5.74) is 2.02. The number of ether oxygens (including phenoxy) is 1. The fraction of sp³-hybridized carbons (Fsp3) is 0.250. The fourth-order valence-corrected chi connectivity index (χ4v) is 5.40. The van der Waals surface area contributed by atoms with Crippen LogP contribution in [0.15, 0.2) is 60.7 Å². The molecule has 0 unspecified atom stereocenters. The molecule has 6 rings (SSSR count). The van der Waals surface area contributed by atoms with E-state index >= 15 is 0 Å². The minimum atomic E-state index is -0.450. The molecule has 0 saturated carbocycles. The van der Waals surface area contributed by atoms with E-state index in [0.29, 0.717) is 67.3 Å². The van der Waals surface area contributed by atoms with Gasteiger partial charge in [0.2, 0.25) is 10.9 Å². The molecule has 41 heavy (non-hydrogen) atoms. The van der Waals surface area contributed by atoms with Gasteiger partial charge in [-0.3, -0.25) is 14.4 Å². The molecule has 13 heteroatoms. The van der Waals surface area contributed by atoms with E-state index < -0.39 is 5.91 Å². The van der Waals surface area contributed by atoms with Gasteiger partial charge in [0, 0.05) is 43.4 Å². The van der Waals surface area contributed by atoms with Crippen LogP contribution < -0.4 is 15.5 Å². The molecule has 0 spiro atoms. The van der Waals surface area contributed by atoms with E-state index in [0.717, 1.165) is 5.56 Å². The molecule has 2 fully saturated rings. The number of hydrogen-bond acceptors (Lipinski definition) is 10. The molecular formula is C28H26N8O4S. The van der Waals surface area contributed by atoms with Crippen LogP contribution >= 0.6 is 11.3 Å². The zero-order chi connectivity index (χ0) is 28.2. The van der Waals surface area contributed by atoms with Crippen LogP contribution in [0.4, 0.5) is 11.5 Å². The Morgan fingerprint density at radius 3 is 2.54 bits per heavy atom. The third kappa shape index (κ3) is 5.90. The Balaban J connectivity index is 1.29. The Morgan fingerprint density at radius 2 is 1.73 bits per heavy atom. The zero-order valence-electron chi connectivity index (χ0n) is 21.9. The number of benzene rings is 2. The second-order valence-electron chi connectivity index (χ2n) is 9.39. The average Bonchev–Trinajstić information content (AvgIpc) is 3.52. The van der Waals surface area contributed by atoms with Gasteiger partial charge >= 0.3 is 0 Å². The van der Waals surface area contributed by atoms with Crippen LogP contribution in [0.2, 0.25) is 0 Å². The number of amides is 3. The monoisotopic (exact) mass is 570 g/mol. The van der Waals surface area contributed by atoms with Crippen molar-refractivity contribution < 1.29 is 19.1 Å². The quantitative estimate of drug-likeness (QED) is 0.357. The molecule has 0 aliphatic carbocycles. The molecular weight excluding hydrogens is 544 g/mol.